The van der Waals surface area contributed by atoms with Gasteiger partial charge in [-0.25, -0.2) is 8.42 Å². The van der Waals surface area contributed by atoms with E-state index >= 15 is 0 Å². The molecule has 0 saturated carbocycles. The number of pyridine rings is 1. The number of unbranched alkanes of at least 4 members (excludes halogenated alkanes) is 1. The van der Waals surface area contributed by atoms with Gasteiger partial charge < -0.3 is 4.55 Å². The van der Waals surface area contributed by atoms with Crippen LogP contribution in [0.5, 0.6) is 0 Å². The molecular formula is C17H21NO4S. The Hall–Kier alpha value is -2.18. The Balaban J connectivity index is 0.000000231. The maximum absolute atomic E-state index is 10.4. The molecule has 0 amide bonds. The Morgan fingerprint density at radius 3 is 2.30 bits per heavy atom. The van der Waals surface area contributed by atoms with Gasteiger partial charge in [-0.15, -0.1) is 6.58 Å². The average Bonchev–Trinajstić information content (AvgIpc) is 2.53. The summed E-state index contributed by atoms with van der Waals surface area (Å²) in [5.41, 5.74) is 0.928. The van der Waals surface area contributed by atoms with Crippen molar-refractivity contribution in [3.05, 3.63) is 73.1 Å². The zero-order valence-electron chi connectivity index (χ0n) is 13.1. The van der Waals surface area contributed by atoms with Gasteiger partial charge in [0.2, 0.25) is 12.4 Å². The Bertz CT molecular complexity index is 682. The molecule has 0 unspecified atom stereocenters. The second kappa shape index (κ2) is 9.76. The molecule has 0 fully saturated rings. The SMILES string of the molecule is C=CCCCO[n+]1ccccc1.Cc1ccc(S(=O)(=O)[O-])cc1. The largest absolute Gasteiger partial charge is 0.744 e. The first-order valence-electron chi connectivity index (χ1n) is 7.16. The lowest BCUT2D eigenvalue weighted by Gasteiger charge is -2.05. The van der Waals surface area contributed by atoms with Crippen molar-refractivity contribution >= 4 is 10.1 Å². The van der Waals surface area contributed by atoms with Crippen LogP contribution in [0.15, 0.2) is 72.4 Å². The van der Waals surface area contributed by atoms with Crippen molar-refractivity contribution < 1.29 is 22.5 Å². The average molecular weight is 335 g/mol. The molecule has 2 aromatic rings. The van der Waals surface area contributed by atoms with Crippen molar-refractivity contribution in [1.29, 1.82) is 0 Å². The monoisotopic (exact) mass is 335 g/mol. The number of hydrogen-bond donors (Lipinski definition) is 0. The fraction of sp³-hybridized carbons (Fsp3) is 0.235. The van der Waals surface area contributed by atoms with Crippen molar-refractivity contribution in [2.24, 2.45) is 0 Å². The number of aryl methyl sites for hydroxylation is 1. The van der Waals surface area contributed by atoms with Crippen LogP contribution in [-0.4, -0.2) is 19.6 Å². The third-order valence-electron chi connectivity index (χ3n) is 2.79. The summed E-state index contributed by atoms with van der Waals surface area (Å²) in [5.74, 6) is 0. The van der Waals surface area contributed by atoms with E-state index in [-0.39, 0.29) is 4.90 Å². The maximum atomic E-state index is 10.4. The molecule has 6 heteroatoms. The van der Waals surface area contributed by atoms with Crippen LogP contribution >= 0.6 is 0 Å². The molecule has 1 aromatic carbocycles. The molecule has 124 valence electrons. The fourth-order valence-corrected chi connectivity index (χ4v) is 2.04. The van der Waals surface area contributed by atoms with Crippen LogP contribution in [0.3, 0.4) is 0 Å². The Morgan fingerprint density at radius 2 is 1.78 bits per heavy atom. The van der Waals surface area contributed by atoms with E-state index in [0.717, 1.165) is 25.0 Å². The van der Waals surface area contributed by atoms with Gasteiger partial charge in [0.25, 0.3) is 0 Å². The summed E-state index contributed by atoms with van der Waals surface area (Å²) in [6, 6.07) is 11.6. The van der Waals surface area contributed by atoms with Crippen LogP contribution in [0, 0.1) is 6.92 Å². The summed E-state index contributed by atoms with van der Waals surface area (Å²) in [4.78, 5) is 5.20. The summed E-state index contributed by atoms with van der Waals surface area (Å²) in [5, 5.41) is 0. The third-order valence-corrected chi connectivity index (χ3v) is 3.64. The van der Waals surface area contributed by atoms with Crippen molar-refractivity contribution in [3.63, 3.8) is 0 Å². The van der Waals surface area contributed by atoms with Gasteiger partial charge in [-0.05, 0) is 31.9 Å². The lowest BCUT2D eigenvalue weighted by Crippen LogP contribution is -2.41. The van der Waals surface area contributed by atoms with Gasteiger partial charge in [0.1, 0.15) is 10.1 Å². The topological polar surface area (TPSA) is 70.3 Å². The van der Waals surface area contributed by atoms with E-state index in [0.29, 0.717) is 0 Å². The van der Waals surface area contributed by atoms with Crippen molar-refractivity contribution in [2.45, 2.75) is 24.7 Å². The smallest absolute Gasteiger partial charge is 0.222 e. The molecule has 0 spiro atoms. The highest BCUT2D eigenvalue weighted by Crippen LogP contribution is 2.08. The summed E-state index contributed by atoms with van der Waals surface area (Å²) >= 11 is 0. The number of rotatable bonds is 6. The molecule has 0 aliphatic heterocycles. The van der Waals surface area contributed by atoms with Gasteiger partial charge >= 0.3 is 0 Å². The third kappa shape index (κ3) is 8.13. The summed E-state index contributed by atoms with van der Waals surface area (Å²) in [7, 11) is -4.27. The molecule has 2 rings (SSSR count). The summed E-state index contributed by atoms with van der Waals surface area (Å²) in [6.45, 7) is 6.20. The highest BCUT2D eigenvalue weighted by atomic mass is 32.2. The zero-order valence-corrected chi connectivity index (χ0v) is 13.9. The first-order chi connectivity index (χ1) is 10.9. The van der Waals surface area contributed by atoms with Gasteiger partial charge in [0.15, 0.2) is 6.61 Å². The molecule has 23 heavy (non-hydrogen) atoms. The number of hydrogen-bond acceptors (Lipinski definition) is 4. The Morgan fingerprint density at radius 1 is 1.17 bits per heavy atom. The van der Waals surface area contributed by atoms with E-state index in [1.165, 1.54) is 12.1 Å². The number of aromatic nitrogens is 1. The number of allylic oxidation sites excluding steroid dienone is 1. The minimum atomic E-state index is -4.27. The van der Waals surface area contributed by atoms with Crippen molar-refractivity contribution in [1.82, 2.24) is 0 Å². The van der Waals surface area contributed by atoms with E-state index in [9.17, 15) is 13.0 Å². The van der Waals surface area contributed by atoms with Gasteiger partial charge in [-0.2, -0.15) is 0 Å². The lowest BCUT2D eigenvalue weighted by molar-refractivity contribution is -0.891. The Labute approximate surface area is 137 Å². The van der Waals surface area contributed by atoms with Gasteiger partial charge in [-0.1, -0.05) is 29.8 Å². The number of nitrogens with zero attached hydrogens (tertiary/aromatic N) is 1. The predicted molar refractivity (Wildman–Crippen MR) is 86.7 cm³/mol. The first kappa shape index (κ1) is 18.9. The lowest BCUT2D eigenvalue weighted by atomic mass is 10.2. The molecular weight excluding hydrogens is 314 g/mol. The molecule has 0 bridgehead atoms. The van der Waals surface area contributed by atoms with Gasteiger partial charge in [0, 0.05) is 16.9 Å². The van der Waals surface area contributed by atoms with Crippen molar-refractivity contribution in [3.8, 4) is 0 Å². The molecule has 0 atom stereocenters. The summed E-state index contributed by atoms with van der Waals surface area (Å²) in [6.07, 6.45) is 7.69. The number of benzene rings is 1. The van der Waals surface area contributed by atoms with Gasteiger partial charge in [-0.3, -0.25) is 4.84 Å². The minimum absolute atomic E-state index is 0.178. The quantitative estimate of drug-likeness (QED) is 0.351. The second-order valence-corrected chi connectivity index (χ2v) is 6.15. The first-order valence-corrected chi connectivity index (χ1v) is 8.57. The second-order valence-electron chi connectivity index (χ2n) is 4.77. The van der Waals surface area contributed by atoms with Crippen LogP contribution in [-0.2, 0) is 10.1 Å². The molecule has 0 aliphatic rings. The van der Waals surface area contributed by atoms with E-state index < -0.39 is 10.1 Å². The Kier molecular flexibility index (Phi) is 8.01. The normalized spacial score (nSPS) is 10.3. The van der Waals surface area contributed by atoms with E-state index in [4.69, 9.17) is 4.84 Å². The van der Waals surface area contributed by atoms with Crippen LogP contribution in [0.2, 0.25) is 0 Å². The highest BCUT2D eigenvalue weighted by molar-refractivity contribution is 7.85. The summed E-state index contributed by atoms with van der Waals surface area (Å²) < 4.78 is 32.9. The van der Waals surface area contributed by atoms with Gasteiger partial charge in [0.05, 0.1) is 4.90 Å². The van der Waals surface area contributed by atoms with E-state index in [2.05, 4.69) is 6.58 Å². The van der Waals surface area contributed by atoms with Crippen LogP contribution < -0.4 is 9.57 Å². The van der Waals surface area contributed by atoms with Crippen LogP contribution in [0.1, 0.15) is 18.4 Å². The zero-order chi connectivity index (χ0) is 17.1. The maximum Gasteiger partial charge on any atom is 0.222 e. The standard InChI is InChI=1S/C10H14NO.C7H8O3S/c1-2-3-7-10-12-11-8-5-4-6-9-11;1-6-2-4-7(5-3-6)11(8,9)10/h2,4-6,8-9H,1,3,7,10H2;2-5H,1H3,(H,8,9,10)/q+1;/p-1. The molecule has 0 radical (unpaired) electrons. The molecule has 0 saturated heterocycles. The van der Waals surface area contributed by atoms with Crippen LogP contribution in [0.25, 0.3) is 0 Å². The predicted octanol–water partition coefficient (Wildman–Crippen LogP) is 2.27. The minimum Gasteiger partial charge on any atom is -0.744 e. The van der Waals surface area contributed by atoms with Crippen molar-refractivity contribution in [2.75, 3.05) is 6.61 Å². The molecule has 1 aromatic heterocycles. The molecule has 0 N–H and O–H groups in total. The molecule has 1 heterocycles. The van der Waals surface area contributed by atoms with E-state index in [1.54, 1.807) is 16.9 Å². The fourth-order valence-electron chi connectivity index (χ4n) is 1.57. The molecule has 5 nitrogen and oxygen atoms in total. The van der Waals surface area contributed by atoms with E-state index in [1.807, 2.05) is 43.6 Å². The van der Waals surface area contributed by atoms with Crippen LogP contribution in [0.4, 0.5) is 0 Å². The highest BCUT2D eigenvalue weighted by Gasteiger charge is 1.98. The molecule has 0 aliphatic carbocycles.